The van der Waals surface area contributed by atoms with Gasteiger partial charge in [0.15, 0.2) is 0 Å². The van der Waals surface area contributed by atoms with Gasteiger partial charge in [-0.3, -0.25) is 9.69 Å². The van der Waals surface area contributed by atoms with Gasteiger partial charge in [0.25, 0.3) is 0 Å². The number of rotatable bonds is 4. The van der Waals surface area contributed by atoms with E-state index in [1.807, 2.05) is 0 Å². The SMILES string of the molecule is [2H]C1([2H])OC([2H])([2H])C([2H])([2H])N(c2ccc(N3C[C@H](CNC(C)=O)OC3=O)cc2F)C1([2H])[2H]. The zero-order chi connectivity index (χ0) is 24.3. The Morgan fingerprint density at radius 2 is 2.21 bits per heavy atom. The van der Waals surface area contributed by atoms with Crippen LogP contribution in [0.2, 0.25) is 0 Å². The van der Waals surface area contributed by atoms with Gasteiger partial charge in [-0.05, 0) is 18.2 Å². The summed E-state index contributed by atoms with van der Waals surface area (Å²) in [6, 6.07) is 2.86. The Labute approximate surface area is 150 Å². The number of nitrogens with zero attached hydrogens (tertiary/aromatic N) is 2. The van der Waals surface area contributed by atoms with Crippen LogP contribution >= 0.6 is 0 Å². The number of halogens is 1. The molecule has 0 unspecified atom stereocenters. The van der Waals surface area contributed by atoms with Crippen LogP contribution in [0.25, 0.3) is 0 Å². The van der Waals surface area contributed by atoms with Crippen LogP contribution in [0, 0.1) is 5.82 Å². The number of ether oxygens (including phenoxy) is 2. The van der Waals surface area contributed by atoms with Gasteiger partial charge in [0.2, 0.25) is 5.91 Å². The van der Waals surface area contributed by atoms with Crippen LogP contribution in [0.5, 0.6) is 0 Å². The molecule has 130 valence electrons. The molecule has 2 aliphatic heterocycles. The minimum atomic E-state index is -3.33. The molecule has 0 aliphatic carbocycles. The van der Waals surface area contributed by atoms with Crippen LogP contribution in [0.1, 0.15) is 17.9 Å². The molecule has 2 heterocycles. The molecule has 1 N–H and O–H groups in total. The van der Waals surface area contributed by atoms with Crippen LogP contribution in [-0.2, 0) is 14.3 Å². The number of benzene rings is 1. The zero-order valence-corrected chi connectivity index (χ0v) is 12.6. The molecule has 2 aliphatic rings. The van der Waals surface area contributed by atoms with Crippen molar-refractivity contribution >= 4 is 23.4 Å². The Morgan fingerprint density at radius 3 is 2.88 bits per heavy atom. The molecule has 0 bridgehead atoms. The van der Waals surface area contributed by atoms with E-state index >= 15 is 4.39 Å². The zero-order valence-electron chi connectivity index (χ0n) is 20.6. The van der Waals surface area contributed by atoms with E-state index in [4.69, 9.17) is 15.7 Å². The van der Waals surface area contributed by atoms with Gasteiger partial charge in [-0.25, -0.2) is 9.18 Å². The van der Waals surface area contributed by atoms with E-state index in [9.17, 15) is 9.59 Å². The Balaban J connectivity index is 1.95. The van der Waals surface area contributed by atoms with E-state index in [0.717, 1.165) is 23.1 Å². The fraction of sp³-hybridized carbons (Fsp3) is 0.500. The first-order valence-corrected chi connectivity index (χ1v) is 7.04. The van der Waals surface area contributed by atoms with E-state index < -0.39 is 49.8 Å². The molecular weight excluding hydrogens is 317 g/mol. The number of anilines is 2. The van der Waals surface area contributed by atoms with E-state index in [-0.39, 0.29) is 29.6 Å². The summed E-state index contributed by atoms with van der Waals surface area (Å²) in [6.45, 7) is -12.0. The maximum Gasteiger partial charge on any atom is 0.414 e. The second-order valence-corrected chi connectivity index (χ2v) is 5.05. The van der Waals surface area contributed by atoms with Crippen molar-refractivity contribution in [3.63, 3.8) is 0 Å². The monoisotopic (exact) mass is 345 g/mol. The van der Waals surface area contributed by atoms with Crippen LogP contribution in [0.4, 0.5) is 20.6 Å². The summed E-state index contributed by atoms with van der Waals surface area (Å²) in [5, 5.41) is 2.49. The van der Waals surface area contributed by atoms with Gasteiger partial charge in [-0.2, -0.15) is 0 Å². The molecule has 2 amide bonds. The Hall–Kier alpha value is -2.35. The van der Waals surface area contributed by atoms with Crippen molar-refractivity contribution in [2.75, 3.05) is 49.0 Å². The van der Waals surface area contributed by atoms with Crippen molar-refractivity contribution in [3.8, 4) is 0 Å². The molecule has 2 saturated heterocycles. The first kappa shape index (κ1) is 9.22. The lowest BCUT2D eigenvalue weighted by molar-refractivity contribution is -0.119. The van der Waals surface area contributed by atoms with Crippen LogP contribution in [0.15, 0.2) is 18.2 Å². The van der Waals surface area contributed by atoms with Gasteiger partial charge < -0.3 is 19.7 Å². The fourth-order valence-corrected chi connectivity index (χ4v) is 2.25. The van der Waals surface area contributed by atoms with E-state index in [1.54, 1.807) is 0 Å². The van der Waals surface area contributed by atoms with Crippen LogP contribution in [0.3, 0.4) is 0 Å². The molecule has 0 saturated carbocycles. The maximum atomic E-state index is 15.1. The predicted octanol–water partition coefficient (Wildman–Crippen LogP) is 1.12. The predicted molar refractivity (Wildman–Crippen MR) is 85.7 cm³/mol. The number of amides is 2. The molecular formula is C16H20FN3O4. The average molecular weight is 345 g/mol. The lowest BCUT2D eigenvalue weighted by atomic mass is 10.2. The van der Waals surface area contributed by atoms with Crippen molar-refractivity contribution in [3.05, 3.63) is 24.0 Å². The van der Waals surface area contributed by atoms with Gasteiger partial charge in [0.05, 0.1) is 48.5 Å². The topological polar surface area (TPSA) is 71.1 Å². The summed E-state index contributed by atoms with van der Waals surface area (Å²) >= 11 is 0. The largest absolute Gasteiger partial charge is 0.442 e. The van der Waals surface area contributed by atoms with Gasteiger partial charge in [0.1, 0.15) is 11.9 Å². The number of nitrogens with one attached hydrogen (secondary N) is 1. The first-order chi connectivity index (χ1) is 14.5. The number of hydrogen-bond donors (Lipinski definition) is 1. The van der Waals surface area contributed by atoms with Crippen molar-refractivity contribution in [2.45, 2.75) is 13.0 Å². The summed E-state index contributed by atoms with van der Waals surface area (Å²) in [5.74, 6) is -1.56. The average Bonchev–Trinajstić information content (AvgIpc) is 3.00. The number of hydrogen-bond acceptors (Lipinski definition) is 5. The van der Waals surface area contributed by atoms with Gasteiger partial charge in [-0.1, -0.05) is 0 Å². The highest BCUT2D eigenvalue weighted by atomic mass is 19.1. The normalized spacial score (nSPS) is 34.2. The van der Waals surface area contributed by atoms with Gasteiger partial charge in [0, 0.05) is 19.9 Å². The van der Waals surface area contributed by atoms with E-state index in [0.29, 0.717) is 0 Å². The molecule has 0 spiro atoms. The number of carbonyl (C=O) groups is 2. The summed E-state index contributed by atoms with van der Waals surface area (Å²) in [6.07, 6.45) is -1.52. The number of morpholine rings is 1. The minimum absolute atomic E-state index is 0.0121. The van der Waals surface area contributed by atoms with Gasteiger partial charge >= 0.3 is 6.09 Å². The molecule has 2 fully saturated rings. The highest BCUT2D eigenvalue weighted by Crippen LogP contribution is 2.28. The summed E-state index contributed by atoms with van der Waals surface area (Å²) in [4.78, 5) is 24.2. The lowest BCUT2D eigenvalue weighted by Crippen LogP contribution is -2.36. The van der Waals surface area contributed by atoms with Crippen molar-refractivity contribution in [1.29, 1.82) is 0 Å². The number of cyclic esters (lactones) is 1. The Morgan fingerprint density at radius 1 is 1.46 bits per heavy atom. The molecule has 0 radical (unpaired) electrons. The third-order valence-corrected chi connectivity index (χ3v) is 3.35. The molecule has 1 aromatic rings. The maximum absolute atomic E-state index is 15.1. The van der Waals surface area contributed by atoms with Crippen molar-refractivity contribution < 1.29 is 34.4 Å². The molecule has 24 heavy (non-hydrogen) atoms. The minimum Gasteiger partial charge on any atom is -0.442 e. The second kappa shape index (κ2) is 7.04. The van der Waals surface area contributed by atoms with Crippen molar-refractivity contribution in [1.82, 2.24) is 5.32 Å². The van der Waals surface area contributed by atoms with Crippen molar-refractivity contribution in [2.24, 2.45) is 0 Å². The van der Waals surface area contributed by atoms with Gasteiger partial charge in [-0.15, -0.1) is 0 Å². The molecule has 3 rings (SSSR count). The summed E-state index contributed by atoms with van der Waals surface area (Å²) in [7, 11) is 0. The molecule has 0 aromatic heterocycles. The highest BCUT2D eigenvalue weighted by molar-refractivity contribution is 5.90. The molecule has 1 aromatic carbocycles. The summed E-state index contributed by atoms with van der Waals surface area (Å²) in [5.41, 5.74) is -0.788. The quantitative estimate of drug-likeness (QED) is 0.886. The smallest absolute Gasteiger partial charge is 0.414 e. The Bertz CT molecular complexity index is 922. The fourth-order valence-electron chi connectivity index (χ4n) is 2.25. The molecule has 8 heteroatoms. The summed E-state index contributed by atoms with van der Waals surface area (Å²) < 4.78 is 87.4. The van der Waals surface area contributed by atoms with E-state index in [1.165, 1.54) is 6.92 Å². The lowest BCUT2D eigenvalue weighted by Gasteiger charge is -2.29. The number of carbonyl (C=O) groups excluding carboxylic acids is 2. The third kappa shape index (κ3) is 3.59. The first-order valence-electron chi connectivity index (χ1n) is 11.0. The Kier molecular flexibility index (Phi) is 2.70. The molecule has 1 atom stereocenters. The molecule has 7 nitrogen and oxygen atoms in total. The van der Waals surface area contributed by atoms with Crippen LogP contribution in [-0.4, -0.2) is 57.3 Å². The second-order valence-electron chi connectivity index (χ2n) is 5.05. The highest BCUT2D eigenvalue weighted by Gasteiger charge is 2.32. The standard InChI is InChI=1S/C16H20FN3O4/c1-11(21)18-9-13-10-20(16(22)24-13)12-2-3-15(14(17)8-12)19-4-6-23-7-5-19/h2-3,8,13H,4-7,9-10H2,1H3,(H,18,21)/t13-/m0/s1/i4D2,5D2,6D2,7D2. The van der Waals surface area contributed by atoms with E-state index in [2.05, 4.69) is 10.1 Å². The van der Waals surface area contributed by atoms with Crippen LogP contribution < -0.4 is 15.1 Å². The third-order valence-electron chi connectivity index (χ3n) is 3.35.